The Morgan fingerprint density at radius 3 is 2.95 bits per heavy atom. The predicted molar refractivity (Wildman–Crippen MR) is 77.9 cm³/mol. The van der Waals surface area contributed by atoms with E-state index in [4.69, 9.17) is 21.1 Å². The SMILES string of the molecule is COc1ccc(Cl)cc1CNCCCOCC1CC1. The van der Waals surface area contributed by atoms with Gasteiger partial charge in [0.1, 0.15) is 5.75 Å². The Morgan fingerprint density at radius 1 is 1.37 bits per heavy atom. The Kier molecular flexibility index (Phi) is 5.95. The number of hydrogen-bond donors (Lipinski definition) is 1. The van der Waals surface area contributed by atoms with E-state index >= 15 is 0 Å². The minimum Gasteiger partial charge on any atom is -0.496 e. The molecule has 1 N–H and O–H groups in total. The van der Waals surface area contributed by atoms with E-state index in [1.54, 1.807) is 7.11 Å². The smallest absolute Gasteiger partial charge is 0.123 e. The van der Waals surface area contributed by atoms with Crippen molar-refractivity contribution in [1.29, 1.82) is 0 Å². The quantitative estimate of drug-likeness (QED) is 0.706. The van der Waals surface area contributed by atoms with Crippen LogP contribution in [-0.2, 0) is 11.3 Å². The van der Waals surface area contributed by atoms with Crippen molar-refractivity contribution in [2.75, 3.05) is 26.9 Å². The van der Waals surface area contributed by atoms with E-state index in [-0.39, 0.29) is 0 Å². The van der Waals surface area contributed by atoms with Gasteiger partial charge >= 0.3 is 0 Å². The summed E-state index contributed by atoms with van der Waals surface area (Å²) in [4.78, 5) is 0. The lowest BCUT2D eigenvalue weighted by Crippen LogP contribution is -2.17. The lowest BCUT2D eigenvalue weighted by molar-refractivity contribution is 0.122. The molecule has 2 rings (SSSR count). The number of halogens is 1. The van der Waals surface area contributed by atoms with Crippen molar-refractivity contribution in [2.24, 2.45) is 5.92 Å². The van der Waals surface area contributed by atoms with Gasteiger partial charge in [0.05, 0.1) is 7.11 Å². The van der Waals surface area contributed by atoms with E-state index in [2.05, 4.69) is 5.32 Å². The molecule has 19 heavy (non-hydrogen) atoms. The van der Waals surface area contributed by atoms with Gasteiger partial charge < -0.3 is 14.8 Å². The molecule has 1 aromatic carbocycles. The minimum atomic E-state index is 0.741. The van der Waals surface area contributed by atoms with Crippen LogP contribution < -0.4 is 10.1 Å². The molecule has 0 spiro atoms. The van der Waals surface area contributed by atoms with Crippen molar-refractivity contribution in [1.82, 2.24) is 5.32 Å². The molecule has 1 fully saturated rings. The predicted octanol–water partition coefficient (Wildman–Crippen LogP) is 3.25. The van der Waals surface area contributed by atoms with Crippen LogP contribution in [0.15, 0.2) is 18.2 Å². The fourth-order valence-electron chi connectivity index (χ4n) is 1.94. The number of benzene rings is 1. The van der Waals surface area contributed by atoms with E-state index in [1.807, 2.05) is 18.2 Å². The molecule has 0 aliphatic heterocycles. The third-order valence-electron chi connectivity index (χ3n) is 3.25. The summed E-state index contributed by atoms with van der Waals surface area (Å²) >= 11 is 5.99. The molecule has 0 aromatic heterocycles. The van der Waals surface area contributed by atoms with Crippen LogP contribution in [0.4, 0.5) is 0 Å². The molecular formula is C15H22ClNO2. The Hall–Kier alpha value is -0.770. The van der Waals surface area contributed by atoms with Crippen LogP contribution in [0.2, 0.25) is 5.02 Å². The van der Waals surface area contributed by atoms with Gasteiger partial charge in [-0.05, 0) is 49.9 Å². The Bertz CT molecular complexity index is 394. The van der Waals surface area contributed by atoms with Crippen molar-refractivity contribution >= 4 is 11.6 Å². The number of nitrogens with one attached hydrogen (secondary N) is 1. The minimum absolute atomic E-state index is 0.741. The molecule has 0 heterocycles. The monoisotopic (exact) mass is 283 g/mol. The number of hydrogen-bond acceptors (Lipinski definition) is 3. The molecule has 1 aliphatic rings. The van der Waals surface area contributed by atoms with Crippen molar-refractivity contribution in [2.45, 2.75) is 25.8 Å². The normalized spacial score (nSPS) is 14.6. The van der Waals surface area contributed by atoms with Crippen LogP contribution in [0.1, 0.15) is 24.8 Å². The highest BCUT2D eigenvalue weighted by molar-refractivity contribution is 6.30. The standard InChI is InChI=1S/C15H22ClNO2/c1-18-15-6-5-14(16)9-13(15)10-17-7-2-8-19-11-12-3-4-12/h5-6,9,12,17H,2-4,7-8,10-11H2,1H3. The number of ether oxygens (including phenoxy) is 2. The lowest BCUT2D eigenvalue weighted by atomic mass is 10.2. The Balaban J connectivity index is 1.60. The second kappa shape index (κ2) is 7.73. The third kappa shape index (κ3) is 5.39. The zero-order valence-corrected chi connectivity index (χ0v) is 12.2. The second-order valence-corrected chi connectivity index (χ2v) is 5.44. The van der Waals surface area contributed by atoms with Gasteiger partial charge in [-0.3, -0.25) is 0 Å². The highest BCUT2D eigenvalue weighted by Gasteiger charge is 2.20. The maximum Gasteiger partial charge on any atom is 0.123 e. The molecule has 4 heteroatoms. The van der Waals surface area contributed by atoms with Crippen molar-refractivity contribution < 1.29 is 9.47 Å². The third-order valence-corrected chi connectivity index (χ3v) is 3.49. The summed E-state index contributed by atoms with van der Waals surface area (Å²) < 4.78 is 10.9. The summed E-state index contributed by atoms with van der Waals surface area (Å²) in [5, 5.41) is 4.13. The second-order valence-electron chi connectivity index (χ2n) is 5.00. The molecule has 1 aliphatic carbocycles. The topological polar surface area (TPSA) is 30.5 Å². The van der Waals surface area contributed by atoms with Crippen LogP contribution in [0.5, 0.6) is 5.75 Å². The summed E-state index contributed by atoms with van der Waals surface area (Å²) in [6.45, 7) is 3.50. The van der Waals surface area contributed by atoms with Gasteiger partial charge in [-0.15, -0.1) is 0 Å². The molecule has 1 aromatic rings. The van der Waals surface area contributed by atoms with Crippen LogP contribution >= 0.6 is 11.6 Å². The van der Waals surface area contributed by atoms with Crippen molar-refractivity contribution in [3.05, 3.63) is 28.8 Å². The van der Waals surface area contributed by atoms with Gasteiger partial charge in [-0.2, -0.15) is 0 Å². The first kappa shape index (κ1) is 14.6. The van der Waals surface area contributed by atoms with E-state index in [0.29, 0.717) is 0 Å². The summed E-state index contributed by atoms with van der Waals surface area (Å²) in [6.07, 6.45) is 3.75. The summed E-state index contributed by atoms with van der Waals surface area (Å²) in [5.41, 5.74) is 1.09. The molecule has 0 saturated heterocycles. The first-order valence-corrected chi connectivity index (χ1v) is 7.28. The lowest BCUT2D eigenvalue weighted by Gasteiger charge is -2.10. The molecule has 0 amide bonds. The summed E-state index contributed by atoms with van der Waals surface area (Å²) in [5.74, 6) is 1.73. The van der Waals surface area contributed by atoms with E-state index < -0.39 is 0 Å². The van der Waals surface area contributed by atoms with E-state index in [0.717, 1.165) is 55.0 Å². The fraction of sp³-hybridized carbons (Fsp3) is 0.600. The van der Waals surface area contributed by atoms with Crippen LogP contribution in [-0.4, -0.2) is 26.9 Å². The van der Waals surface area contributed by atoms with Gasteiger partial charge in [0.25, 0.3) is 0 Å². The van der Waals surface area contributed by atoms with Crippen molar-refractivity contribution in [3.63, 3.8) is 0 Å². The van der Waals surface area contributed by atoms with Gasteiger partial charge in [-0.1, -0.05) is 11.6 Å². The highest BCUT2D eigenvalue weighted by Crippen LogP contribution is 2.28. The molecular weight excluding hydrogens is 262 g/mol. The zero-order chi connectivity index (χ0) is 13.5. The first-order valence-electron chi connectivity index (χ1n) is 6.90. The highest BCUT2D eigenvalue weighted by atomic mass is 35.5. The van der Waals surface area contributed by atoms with Crippen LogP contribution in [0.25, 0.3) is 0 Å². The van der Waals surface area contributed by atoms with Gasteiger partial charge in [0.15, 0.2) is 0 Å². The molecule has 1 saturated carbocycles. The molecule has 0 unspecified atom stereocenters. The molecule has 0 atom stereocenters. The van der Waals surface area contributed by atoms with E-state index in [1.165, 1.54) is 12.8 Å². The molecule has 0 bridgehead atoms. The maximum atomic E-state index is 5.99. The average molecular weight is 284 g/mol. The van der Waals surface area contributed by atoms with E-state index in [9.17, 15) is 0 Å². The van der Waals surface area contributed by atoms with Gasteiger partial charge in [0, 0.05) is 30.3 Å². The van der Waals surface area contributed by atoms with Crippen LogP contribution in [0, 0.1) is 5.92 Å². The van der Waals surface area contributed by atoms with Crippen molar-refractivity contribution in [3.8, 4) is 5.75 Å². The largest absolute Gasteiger partial charge is 0.496 e. The Morgan fingerprint density at radius 2 is 2.21 bits per heavy atom. The maximum absolute atomic E-state index is 5.99. The molecule has 0 radical (unpaired) electrons. The summed E-state index contributed by atoms with van der Waals surface area (Å²) in [6, 6.07) is 5.69. The Labute approximate surface area is 120 Å². The molecule has 106 valence electrons. The number of methoxy groups -OCH3 is 1. The van der Waals surface area contributed by atoms with Crippen LogP contribution in [0.3, 0.4) is 0 Å². The van der Waals surface area contributed by atoms with Gasteiger partial charge in [0.2, 0.25) is 0 Å². The first-order chi connectivity index (χ1) is 9.29. The zero-order valence-electron chi connectivity index (χ0n) is 11.5. The fourth-order valence-corrected chi connectivity index (χ4v) is 2.14. The average Bonchev–Trinajstić information content (AvgIpc) is 3.22. The number of rotatable bonds is 9. The van der Waals surface area contributed by atoms with Gasteiger partial charge in [-0.25, -0.2) is 0 Å². The molecule has 3 nitrogen and oxygen atoms in total. The summed E-state index contributed by atoms with van der Waals surface area (Å²) in [7, 11) is 1.68.